The van der Waals surface area contributed by atoms with Gasteiger partial charge in [-0.25, -0.2) is 0 Å². The zero-order valence-electron chi connectivity index (χ0n) is 14.7. The summed E-state index contributed by atoms with van der Waals surface area (Å²) >= 11 is 6.39. The molecule has 0 aromatic heterocycles. The van der Waals surface area contributed by atoms with E-state index in [-0.39, 0.29) is 6.04 Å². The van der Waals surface area contributed by atoms with E-state index < -0.39 is 0 Å². The van der Waals surface area contributed by atoms with Crippen molar-refractivity contribution in [2.45, 2.75) is 19.0 Å². The summed E-state index contributed by atoms with van der Waals surface area (Å²) in [5, 5.41) is 0.570. The van der Waals surface area contributed by atoms with Crippen LogP contribution in [0, 0.1) is 0 Å². The van der Waals surface area contributed by atoms with Gasteiger partial charge in [-0.15, -0.1) is 0 Å². The van der Waals surface area contributed by atoms with Crippen molar-refractivity contribution in [1.29, 1.82) is 0 Å². The zero-order chi connectivity index (χ0) is 17.9. The Balaban J connectivity index is 1.44. The number of aldehydes is 1. The first kappa shape index (κ1) is 17.6. The number of carbonyl (C=O) groups excluding carboxylic acids is 1. The van der Waals surface area contributed by atoms with E-state index in [0.717, 1.165) is 44.8 Å². The Bertz CT molecular complexity index is 724. The average molecular weight is 375 g/mol. The number of benzene rings is 1. The van der Waals surface area contributed by atoms with Crippen molar-refractivity contribution in [3.8, 4) is 0 Å². The van der Waals surface area contributed by atoms with Crippen LogP contribution in [0.3, 0.4) is 0 Å². The molecule has 0 saturated carbocycles. The van der Waals surface area contributed by atoms with E-state index >= 15 is 0 Å². The molecule has 1 atom stereocenters. The Morgan fingerprint density at radius 3 is 2.54 bits per heavy atom. The summed E-state index contributed by atoms with van der Waals surface area (Å²) in [4.78, 5) is 16.3. The van der Waals surface area contributed by atoms with Crippen LogP contribution >= 0.6 is 11.6 Å². The SMILES string of the molecule is O=CC1=C(Cl)CC(N2CCN(Cc3ccccc3)CC2)C2=C1OCCO2. The number of rotatable bonds is 4. The molecule has 6 heteroatoms. The van der Waals surface area contributed by atoms with Crippen LogP contribution in [0.4, 0.5) is 0 Å². The van der Waals surface area contributed by atoms with Crippen molar-refractivity contribution in [1.82, 2.24) is 9.80 Å². The van der Waals surface area contributed by atoms with Crippen molar-refractivity contribution in [2.75, 3.05) is 39.4 Å². The standard InChI is InChI=1S/C20H23ClN2O3/c21-17-12-18(20-19(16(17)14-24)25-10-11-26-20)23-8-6-22(7-9-23)13-15-4-2-1-3-5-15/h1-5,14,18H,6-13H2. The molecule has 2 heterocycles. The number of halogens is 1. The van der Waals surface area contributed by atoms with Crippen LogP contribution in [0.15, 0.2) is 52.5 Å². The summed E-state index contributed by atoms with van der Waals surface area (Å²) < 4.78 is 11.6. The second-order valence-electron chi connectivity index (χ2n) is 6.84. The molecule has 0 amide bonds. The fourth-order valence-electron chi connectivity index (χ4n) is 3.87. The first-order valence-corrected chi connectivity index (χ1v) is 9.48. The van der Waals surface area contributed by atoms with Crippen molar-refractivity contribution >= 4 is 17.9 Å². The van der Waals surface area contributed by atoms with Gasteiger partial charge in [0, 0.05) is 44.2 Å². The van der Waals surface area contributed by atoms with Gasteiger partial charge in [-0.3, -0.25) is 14.6 Å². The highest BCUT2D eigenvalue weighted by atomic mass is 35.5. The smallest absolute Gasteiger partial charge is 0.170 e. The topological polar surface area (TPSA) is 42.0 Å². The fraction of sp³-hybridized carbons (Fsp3) is 0.450. The van der Waals surface area contributed by atoms with E-state index in [4.69, 9.17) is 21.1 Å². The van der Waals surface area contributed by atoms with Crippen LogP contribution in [-0.4, -0.2) is 61.5 Å². The minimum absolute atomic E-state index is 0.0559. The molecule has 5 nitrogen and oxygen atoms in total. The van der Waals surface area contributed by atoms with Gasteiger partial charge in [0.2, 0.25) is 0 Å². The Labute approximate surface area is 158 Å². The quantitative estimate of drug-likeness (QED) is 0.757. The molecular weight excluding hydrogens is 352 g/mol. The maximum Gasteiger partial charge on any atom is 0.170 e. The van der Waals surface area contributed by atoms with E-state index in [1.807, 2.05) is 6.07 Å². The molecule has 1 aromatic carbocycles. The Kier molecular flexibility index (Phi) is 5.29. The monoisotopic (exact) mass is 374 g/mol. The van der Waals surface area contributed by atoms with Gasteiger partial charge in [-0.05, 0) is 5.56 Å². The lowest BCUT2D eigenvalue weighted by molar-refractivity contribution is -0.105. The van der Waals surface area contributed by atoms with Crippen molar-refractivity contribution in [3.05, 3.63) is 58.0 Å². The molecule has 3 aliphatic rings. The number of ether oxygens (including phenoxy) is 2. The first-order valence-electron chi connectivity index (χ1n) is 9.10. The van der Waals surface area contributed by atoms with Gasteiger partial charge in [0.15, 0.2) is 17.8 Å². The fourth-order valence-corrected chi connectivity index (χ4v) is 4.15. The molecule has 0 radical (unpaired) electrons. The van der Waals surface area contributed by atoms with Gasteiger partial charge in [0.25, 0.3) is 0 Å². The predicted octanol–water partition coefficient (Wildman–Crippen LogP) is 2.53. The Morgan fingerprint density at radius 2 is 1.81 bits per heavy atom. The zero-order valence-corrected chi connectivity index (χ0v) is 15.5. The largest absolute Gasteiger partial charge is 0.489 e. The van der Waals surface area contributed by atoms with Gasteiger partial charge in [-0.1, -0.05) is 41.9 Å². The second-order valence-corrected chi connectivity index (χ2v) is 7.30. The molecule has 0 spiro atoms. The third-order valence-electron chi connectivity index (χ3n) is 5.24. The number of carbonyl (C=O) groups is 1. The number of piperazine rings is 1. The van der Waals surface area contributed by atoms with Gasteiger partial charge < -0.3 is 9.47 Å². The summed E-state index contributed by atoms with van der Waals surface area (Å²) in [6.45, 7) is 5.83. The summed E-state index contributed by atoms with van der Waals surface area (Å²) in [5.74, 6) is 1.32. The maximum absolute atomic E-state index is 11.4. The van der Waals surface area contributed by atoms with Crippen molar-refractivity contribution < 1.29 is 14.3 Å². The highest BCUT2D eigenvalue weighted by molar-refractivity contribution is 6.31. The number of allylic oxidation sites excluding steroid dienone is 1. The van der Waals surface area contributed by atoms with E-state index in [2.05, 4.69) is 34.1 Å². The Hall–Kier alpha value is -1.82. The number of hydrogen-bond donors (Lipinski definition) is 0. The molecule has 1 unspecified atom stereocenters. The highest BCUT2D eigenvalue weighted by Crippen LogP contribution is 2.37. The van der Waals surface area contributed by atoms with Crippen LogP contribution in [0.2, 0.25) is 0 Å². The van der Waals surface area contributed by atoms with E-state index in [1.54, 1.807) is 0 Å². The molecule has 1 aliphatic carbocycles. The van der Waals surface area contributed by atoms with Gasteiger partial charge in [0.05, 0.1) is 11.6 Å². The normalized spacial score (nSPS) is 24.7. The lowest BCUT2D eigenvalue weighted by Gasteiger charge is -2.42. The first-order chi connectivity index (χ1) is 12.8. The van der Waals surface area contributed by atoms with Crippen molar-refractivity contribution in [3.63, 3.8) is 0 Å². The molecule has 138 valence electrons. The van der Waals surface area contributed by atoms with E-state index in [0.29, 0.717) is 36.0 Å². The lowest BCUT2D eigenvalue weighted by atomic mass is 9.96. The highest BCUT2D eigenvalue weighted by Gasteiger charge is 2.37. The molecule has 2 aliphatic heterocycles. The Morgan fingerprint density at radius 1 is 1.08 bits per heavy atom. The molecule has 0 N–H and O–H groups in total. The molecule has 1 fully saturated rings. The maximum atomic E-state index is 11.4. The van der Waals surface area contributed by atoms with Crippen LogP contribution in [0.5, 0.6) is 0 Å². The average Bonchev–Trinajstić information content (AvgIpc) is 2.69. The molecule has 1 aromatic rings. The van der Waals surface area contributed by atoms with Crippen LogP contribution in [-0.2, 0) is 20.8 Å². The minimum Gasteiger partial charge on any atom is -0.489 e. The molecule has 0 bridgehead atoms. The molecule has 4 rings (SSSR count). The van der Waals surface area contributed by atoms with Gasteiger partial charge in [-0.2, -0.15) is 0 Å². The third kappa shape index (κ3) is 3.52. The van der Waals surface area contributed by atoms with E-state index in [9.17, 15) is 4.79 Å². The second kappa shape index (κ2) is 7.82. The van der Waals surface area contributed by atoms with Crippen LogP contribution in [0.1, 0.15) is 12.0 Å². The van der Waals surface area contributed by atoms with Gasteiger partial charge in [0.1, 0.15) is 13.2 Å². The minimum atomic E-state index is 0.0559. The summed E-state index contributed by atoms with van der Waals surface area (Å²) in [7, 11) is 0. The van der Waals surface area contributed by atoms with Crippen molar-refractivity contribution in [2.24, 2.45) is 0 Å². The molecule has 26 heavy (non-hydrogen) atoms. The van der Waals surface area contributed by atoms with Gasteiger partial charge >= 0.3 is 0 Å². The van der Waals surface area contributed by atoms with Crippen LogP contribution in [0.25, 0.3) is 0 Å². The summed E-state index contributed by atoms with van der Waals surface area (Å²) in [6, 6.07) is 10.6. The van der Waals surface area contributed by atoms with E-state index in [1.165, 1.54) is 5.56 Å². The lowest BCUT2D eigenvalue weighted by Crippen LogP contribution is -2.52. The number of hydrogen-bond acceptors (Lipinski definition) is 5. The summed E-state index contributed by atoms with van der Waals surface area (Å²) in [6.07, 6.45) is 1.39. The van der Waals surface area contributed by atoms with Crippen LogP contribution < -0.4 is 0 Å². The molecular formula is C20H23ClN2O3. The summed E-state index contributed by atoms with van der Waals surface area (Å²) in [5.41, 5.74) is 1.79. The third-order valence-corrected chi connectivity index (χ3v) is 5.60. The molecule has 1 saturated heterocycles. The number of nitrogens with zero attached hydrogens (tertiary/aromatic N) is 2. The predicted molar refractivity (Wildman–Crippen MR) is 99.6 cm³/mol.